The Bertz CT molecular complexity index is 364. The van der Waals surface area contributed by atoms with Gasteiger partial charge in [-0.05, 0) is 38.9 Å². The van der Waals surface area contributed by atoms with Crippen LogP contribution in [0.25, 0.3) is 0 Å². The molecule has 0 saturated carbocycles. The molecule has 3 nitrogen and oxygen atoms in total. The number of nitrogens with zero attached hydrogens (tertiary/aromatic N) is 2. The van der Waals surface area contributed by atoms with Crippen LogP contribution in [-0.4, -0.2) is 22.3 Å². The van der Waals surface area contributed by atoms with Gasteiger partial charge in [-0.1, -0.05) is 13.8 Å². The molecule has 0 aliphatic rings. The fourth-order valence-corrected chi connectivity index (χ4v) is 2.77. The summed E-state index contributed by atoms with van der Waals surface area (Å²) in [6, 6.07) is 0. The predicted molar refractivity (Wildman–Crippen MR) is 75.8 cm³/mol. The van der Waals surface area contributed by atoms with Gasteiger partial charge in [0.2, 0.25) is 0 Å². The molecule has 0 amide bonds. The molecule has 0 aromatic carbocycles. The van der Waals surface area contributed by atoms with Gasteiger partial charge in [0.1, 0.15) is 16.7 Å². The predicted octanol–water partition coefficient (Wildman–Crippen LogP) is 3.66. The number of thioether (sulfide) groups is 1. The van der Waals surface area contributed by atoms with E-state index < -0.39 is 0 Å². The Labute approximate surface area is 109 Å². The van der Waals surface area contributed by atoms with Crippen LogP contribution in [0.4, 0.5) is 5.82 Å². The third-order valence-corrected chi connectivity index (χ3v) is 3.60. The lowest BCUT2D eigenvalue weighted by Gasteiger charge is -2.12. The van der Waals surface area contributed by atoms with Crippen LogP contribution < -0.4 is 5.32 Å². The molecule has 1 aromatic rings. The summed E-state index contributed by atoms with van der Waals surface area (Å²) in [5.41, 5.74) is 1.17. The molecule has 0 unspecified atom stereocenters. The van der Waals surface area contributed by atoms with Crippen LogP contribution in [0.5, 0.6) is 0 Å². The number of nitrogens with one attached hydrogen (secondary N) is 1. The molecular weight excluding hydrogens is 230 g/mol. The van der Waals surface area contributed by atoms with Crippen molar-refractivity contribution in [3.05, 3.63) is 11.4 Å². The van der Waals surface area contributed by atoms with Crippen molar-refractivity contribution in [3.63, 3.8) is 0 Å². The van der Waals surface area contributed by atoms with Crippen molar-refractivity contribution in [2.24, 2.45) is 5.92 Å². The van der Waals surface area contributed by atoms with Gasteiger partial charge in [0.25, 0.3) is 0 Å². The zero-order chi connectivity index (χ0) is 12.8. The van der Waals surface area contributed by atoms with E-state index in [1.54, 1.807) is 0 Å². The molecule has 0 atom stereocenters. The maximum Gasteiger partial charge on any atom is 0.133 e. The normalized spacial score (nSPS) is 10.9. The van der Waals surface area contributed by atoms with Crippen molar-refractivity contribution in [3.8, 4) is 0 Å². The summed E-state index contributed by atoms with van der Waals surface area (Å²) in [6.07, 6.45) is 1.23. The maximum atomic E-state index is 4.52. The lowest BCUT2D eigenvalue weighted by atomic mass is 10.2. The van der Waals surface area contributed by atoms with Gasteiger partial charge in [-0.25, -0.2) is 9.97 Å². The lowest BCUT2D eigenvalue weighted by Crippen LogP contribution is -2.06. The quantitative estimate of drug-likeness (QED) is 0.620. The number of aromatic nitrogens is 2. The third-order valence-electron chi connectivity index (χ3n) is 2.49. The molecule has 0 bridgehead atoms. The van der Waals surface area contributed by atoms with Crippen molar-refractivity contribution < 1.29 is 0 Å². The summed E-state index contributed by atoms with van der Waals surface area (Å²) in [6.45, 7) is 11.5. The highest BCUT2D eigenvalue weighted by atomic mass is 32.2. The lowest BCUT2D eigenvalue weighted by molar-refractivity contribution is 0.631. The largest absolute Gasteiger partial charge is 0.370 e. The number of rotatable bonds is 6. The molecule has 1 aromatic heterocycles. The van der Waals surface area contributed by atoms with Crippen LogP contribution >= 0.6 is 11.8 Å². The zero-order valence-corrected chi connectivity index (χ0v) is 12.3. The van der Waals surface area contributed by atoms with Crippen molar-refractivity contribution in [2.75, 3.05) is 17.6 Å². The van der Waals surface area contributed by atoms with E-state index in [4.69, 9.17) is 0 Å². The molecular formula is C13H23N3S. The second-order valence-electron chi connectivity index (χ2n) is 4.61. The van der Waals surface area contributed by atoms with Crippen LogP contribution in [0.15, 0.2) is 5.03 Å². The Kier molecular flexibility index (Phi) is 5.75. The van der Waals surface area contributed by atoms with Crippen LogP contribution in [-0.2, 0) is 0 Å². The van der Waals surface area contributed by atoms with E-state index >= 15 is 0 Å². The third kappa shape index (κ3) is 4.54. The maximum absolute atomic E-state index is 4.52. The molecule has 0 saturated heterocycles. The molecule has 1 N–H and O–H groups in total. The van der Waals surface area contributed by atoms with Crippen LogP contribution in [0.3, 0.4) is 0 Å². The average Bonchev–Trinajstić information content (AvgIpc) is 2.24. The van der Waals surface area contributed by atoms with E-state index in [9.17, 15) is 0 Å². The van der Waals surface area contributed by atoms with Crippen LogP contribution in [0.2, 0.25) is 0 Å². The fourth-order valence-electron chi connectivity index (χ4n) is 1.47. The van der Waals surface area contributed by atoms with E-state index in [0.717, 1.165) is 34.9 Å². The van der Waals surface area contributed by atoms with E-state index in [1.807, 2.05) is 18.7 Å². The van der Waals surface area contributed by atoms with Gasteiger partial charge in [0.15, 0.2) is 0 Å². The summed E-state index contributed by atoms with van der Waals surface area (Å²) >= 11 is 1.84. The van der Waals surface area contributed by atoms with Gasteiger partial charge in [-0.15, -0.1) is 11.8 Å². The van der Waals surface area contributed by atoms with E-state index in [0.29, 0.717) is 0 Å². The minimum Gasteiger partial charge on any atom is -0.370 e. The van der Waals surface area contributed by atoms with Gasteiger partial charge in [0.05, 0.1) is 0 Å². The first kappa shape index (κ1) is 14.3. The summed E-state index contributed by atoms with van der Waals surface area (Å²) in [4.78, 5) is 8.96. The van der Waals surface area contributed by atoms with Gasteiger partial charge in [-0.3, -0.25) is 0 Å². The molecule has 0 fully saturated rings. The average molecular weight is 253 g/mol. The second kappa shape index (κ2) is 6.84. The Balaban J connectivity index is 2.76. The Hall–Kier alpha value is -0.770. The summed E-state index contributed by atoms with van der Waals surface area (Å²) < 4.78 is 0. The first-order valence-electron chi connectivity index (χ1n) is 6.26. The molecule has 0 aliphatic heterocycles. The van der Waals surface area contributed by atoms with Gasteiger partial charge in [-0.2, -0.15) is 0 Å². The fraction of sp³-hybridized carbons (Fsp3) is 0.692. The molecule has 96 valence electrons. The van der Waals surface area contributed by atoms with E-state index in [1.165, 1.54) is 12.0 Å². The van der Waals surface area contributed by atoms with Crippen molar-refractivity contribution in [1.29, 1.82) is 0 Å². The number of anilines is 1. The van der Waals surface area contributed by atoms with Crippen molar-refractivity contribution in [2.45, 2.75) is 46.1 Å². The first-order chi connectivity index (χ1) is 8.04. The molecule has 1 rings (SSSR count). The first-order valence-corrected chi connectivity index (χ1v) is 7.25. The van der Waals surface area contributed by atoms with Gasteiger partial charge < -0.3 is 5.32 Å². The Morgan fingerprint density at radius 1 is 1.24 bits per heavy atom. The molecule has 0 spiro atoms. The highest BCUT2D eigenvalue weighted by molar-refractivity contribution is 7.99. The second-order valence-corrected chi connectivity index (χ2v) is 5.69. The smallest absolute Gasteiger partial charge is 0.133 e. The Morgan fingerprint density at radius 2 is 1.94 bits per heavy atom. The summed E-state index contributed by atoms with van der Waals surface area (Å²) in [7, 11) is 0. The standard InChI is InChI=1S/C13H23N3S/c1-6-14-12-10(4)13(16-11(5)15-12)17-8-7-9(2)3/h9H,6-8H2,1-5H3,(H,14,15,16). The molecule has 0 aliphatic carbocycles. The minimum absolute atomic E-state index is 0.749. The number of hydrogen-bond acceptors (Lipinski definition) is 4. The van der Waals surface area contributed by atoms with E-state index in [2.05, 4.69) is 43.0 Å². The topological polar surface area (TPSA) is 37.8 Å². The SMILES string of the molecule is CCNc1nc(C)nc(SCCC(C)C)c1C. The van der Waals surface area contributed by atoms with Crippen molar-refractivity contribution >= 4 is 17.6 Å². The summed E-state index contributed by atoms with van der Waals surface area (Å²) in [5, 5.41) is 4.41. The monoisotopic (exact) mass is 253 g/mol. The van der Waals surface area contributed by atoms with Crippen LogP contribution in [0.1, 0.15) is 38.6 Å². The minimum atomic E-state index is 0.749. The van der Waals surface area contributed by atoms with Crippen molar-refractivity contribution in [1.82, 2.24) is 9.97 Å². The molecule has 17 heavy (non-hydrogen) atoms. The van der Waals surface area contributed by atoms with E-state index in [-0.39, 0.29) is 0 Å². The Morgan fingerprint density at radius 3 is 2.53 bits per heavy atom. The highest BCUT2D eigenvalue weighted by Gasteiger charge is 2.09. The number of aryl methyl sites for hydroxylation is 1. The molecule has 4 heteroatoms. The zero-order valence-electron chi connectivity index (χ0n) is 11.5. The van der Waals surface area contributed by atoms with Gasteiger partial charge >= 0.3 is 0 Å². The molecule has 0 radical (unpaired) electrons. The number of hydrogen-bond donors (Lipinski definition) is 1. The summed E-state index contributed by atoms with van der Waals surface area (Å²) in [5.74, 6) is 3.70. The van der Waals surface area contributed by atoms with Gasteiger partial charge in [0, 0.05) is 12.1 Å². The van der Waals surface area contributed by atoms with Crippen LogP contribution in [0, 0.1) is 19.8 Å². The highest BCUT2D eigenvalue weighted by Crippen LogP contribution is 2.26. The molecule has 1 heterocycles.